The van der Waals surface area contributed by atoms with Crippen molar-refractivity contribution < 1.29 is 14.6 Å². The molecule has 1 aromatic rings. The Bertz CT molecular complexity index is 393. The number of carbonyl (C=O) groups excluding carboxylic acids is 1. The molecule has 5 heteroatoms. The molecule has 0 aliphatic heterocycles. The van der Waals surface area contributed by atoms with E-state index in [0.717, 1.165) is 25.0 Å². The summed E-state index contributed by atoms with van der Waals surface area (Å²) < 4.78 is 5.33. The number of benzene rings is 1. The molecular weight excluding hydrogens is 256 g/mol. The maximum absolute atomic E-state index is 11.8. The summed E-state index contributed by atoms with van der Waals surface area (Å²) >= 11 is 0. The third-order valence-electron chi connectivity index (χ3n) is 2.84. The van der Waals surface area contributed by atoms with Gasteiger partial charge in [0, 0.05) is 19.8 Å². The van der Waals surface area contributed by atoms with Crippen molar-refractivity contribution in [3.63, 3.8) is 0 Å². The fraction of sp³-hybridized carbons (Fsp3) is 0.533. The molecular formula is C15H24N2O3. The summed E-state index contributed by atoms with van der Waals surface area (Å²) in [5.74, 6) is 0.0485. The van der Waals surface area contributed by atoms with Crippen LogP contribution in [0.2, 0.25) is 0 Å². The Morgan fingerprint density at radius 1 is 1.35 bits per heavy atom. The minimum absolute atomic E-state index is 0.159. The molecule has 4 N–H and O–H groups in total. The van der Waals surface area contributed by atoms with Crippen molar-refractivity contribution in [2.45, 2.75) is 32.2 Å². The molecule has 0 saturated heterocycles. The Morgan fingerprint density at radius 3 is 2.70 bits per heavy atom. The van der Waals surface area contributed by atoms with Crippen LogP contribution in [0.25, 0.3) is 0 Å². The smallest absolute Gasteiger partial charge is 0.237 e. The number of hydrogen-bond donors (Lipinski definition) is 3. The lowest BCUT2D eigenvalue weighted by Crippen LogP contribution is -2.42. The molecule has 1 aromatic carbocycles. The number of hydrogen-bond acceptors (Lipinski definition) is 4. The standard InChI is InChI=1S/C15H24N2O3/c1-2-9-20-10-3-8-17-15(19)14(16)11-12-4-6-13(18)7-5-12/h4-7,14,18H,2-3,8-11,16H2,1H3,(H,17,19)/t14-/m0/s1. The molecule has 0 bridgehead atoms. The van der Waals surface area contributed by atoms with E-state index in [9.17, 15) is 9.90 Å². The molecule has 0 unspecified atom stereocenters. The summed E-state index contributed by atoms with van der Waals surface area (Å²) in [6, 6.07) is 6.13. The first-order chi connectivity index (χ1) is 9.63. The van der Waals surface area contributed by atoms with Gasteiger partial charge in [-0.2, -0.15) is 0 Å². The van der Waals surface area contributed by atoms with Gasteiger partial charge >= 0.3 is 0 Å². The predicted octanol–water partition coefficient (Wildman–Crippen LogP) is 1.19. The summed E-state index contributed by atoms with van der Waals surface area (Å²) in [6.07, 6.45) is 2.25. The van der Waals surface area contributed by atoms with Gasteiger partial charge in [-0.25, -0.2) is 0 Å². The second kappa shape index (κ2) is 9.34. The number of phenols is 1. The van der Waals surface area contributed by atoms with Crippen LogP contribution in [0.5, 0.6) is 5.75 Å². The molecule has 0 radical (unpaired) electrons. The quantitative estimate of drug-likeness (QED) is 0.593. The highest BCUT2D eigenvalue weighted by molar-refractivity contribution is 5.81. The van der Waals surface area contributed by atoms with E-state index in [1.165, 1.54) is 0 Å². The van der Waals surface area contributed by atoms with Crippen LogP contribution in [0.15, 0.2) is 24.3 Å². The Balaban J connectivity index is 2.20. The number of ether oxygens (including phenoxy) is 1. The lowest BCUT2D eigenvalue weighted by molar-refractivity contribution is -0.122. The van der Waals surface area contributed by atoms with Crippen LogP contribution in [0.1, 0.15) is 25.3 Å². The third kappa shape index (κ3) is 6.54. The van der Waals surface area contributed by atoms with Crippen molar-refractivity contribution in [3.05, 3.63) is 29.8 Å². The molecule has 0 aliphatic rings. The van der Waals surface area contributed by atoms with Crippen molar-refractivity contribution in [2.75, 3.05) is 19.8 Å². The van der Waals surface area contributed by atoms with Gasteiger partial charge in [-0.1, -0.05) is 19.1 Å². The maximum atomic E-state index is 11.8. The van der Waals surface area contributed by atoms with E-state index < -0.39 is 6.04 Å². The number of nitrogens with one attached hydrogen (secondary N) is 1. The minimum Gasteiger partial charge on any atom is -0.508 e. The SMILES string of the molecule is CCCOCCCNC(=O)[C@@H](N)Cc1ccc(O)cc1. The van der Waals surface area contributed by atoms with Crippen LogP contribution in [0.3, 0.4) is 0 Å². The molecule has 1 amide bonds. The lowest BCUT2D eigenvalue weighted by Gasteiger charge is -2.12. The van der Waals surface area contributed by atoms with Crippen LogP contribution in [0.4, 0.5) is 0 Å². The Kier molecular flexibility index (Phi) is 7.69. The van der Waals surface area contributed by atoms with Crippen LogP contribution in [0, 0.1) is 0 Å². The van der Waals surface area contributed by atoms with Gasteiger partial charge < -0.3 is 20.9 Å². The fourth-order valence-electron chi connectivity index (χ4n) is 1.74. The Hall–Kier alpha value is -1.59. The highest BCUT2D eigenvalue weighted by Gasteiger charge is 2.13. The van der Waals surface area contributed by atoms with E-state index in [1.807, 2.05) is 0 Å². The topological polar surface area (TPSA) is 84.6 Å². The summed E-state index contributed by atoms with van der Waals surface area (Å²) in [4.78, 5) is 11.8. The van der Waals surface area contributed by atoms with Crippen LogP contribution in [-0.4, -0.2) is 36.8 Å². The minimum atomic E-state index is -0.573. The van der Waals surface area contributed by atoms with E-state index >= 15 is 0 Å². The molecule has 1 atom stereocenters. The highest BCUT2D eigenvalue weighted by atomic mass is 16.5. The average molecular weight is 280 g/mol. The van der Waals surface area contributed by atoms with Gasteiger partial charge in [-0.3, -0.25) is 4.79 Å². The summed E-state index contributed by atoms with van der Waals surface area (Å²) in [6.45, 7) is 4.05. The van der Waals surface area contributed by atoms with E-state index in [-0.39, 0.29) is 11.7 Å². The Labute approximate surface area is 120 Å². The van der Waals surface area contributed by atoms with Crippen molar-refractivity contribution in [3.8, 4) is 5.75 Å². The average Bonchev–Trinajstić information content (AvgIpc) is 2.45. The third-order valence-corrected chi connectivity index (χ3v) is 2.84. The molecule has 112 valence electrons. The van der Waals surface area contributed by atoms with Gasteiger partial charge in [0.25, 0.3) is 0 Å². The molecule has 0 aromatic heterocycles. The van der Waals surface area contributed by atoms with Crippen molar-refractivity contribution >= 4 is 5.91 Å². The predicted molar refractivity (Wildman–Crippen MR) is 78.5 cm³/mol. The van der Waals surface area contributed by atoms with Gasteiger partial charge in [0.1, 0.15) is 5.75 Å². The second-order valence-corrected chi connectivity index (χ2v) is 4.73. The van der Waals surface area contributed by atoms with Crippen molar-refractivity contribution in [2.24, 2.45) is 5.73 Å². The van der Waals surface area contributed by atoms with Gasteiger partial charge in [-0.15, -0.1) is 0 Å². The highest BCUT2D eigenvalue weighted by Crippen LogP contribution is 2.10. The normalized spacial score (nSPS) is 12.1. The first-order valence-electron chi connectivity index (χ1n) is 7.02. The number of rotatable bonds is 9. The largest absolute Gasteiger partial charge is 0.508 e. The number of amides is 1. The zero-order valence-corrected chi connectivity index (χ0v) is 12.0. The molecule has 0 spiro atoms. The molecule has 1 rings (SSSR count). The molecule has 20 heavy (non-hydrogen) atoms. The Morgan fingerprint density at radius 2 is 2.05 bits per heavy atom. The molecule has 0 saturated carbocycles. The summed E-state index contributed by atoms with van der Waals surface area (Å²) in [5.41, 5.74) is 6.77. The first-order valence-corrected chi connectivity index (χ1v) is 7.02. The number of nitrogens with two attached hydrogens (primary N) is 1. The van der Waals surface area contributed by atoms with Gasteiger partial charge in [0.05, 0.1) is 6.04 Å². The van der Waals surface area contributed by atoms with Gasteiger partial charge in [-0.05, 0) is 37.0 Å². The van der Waals surface area contributed by atoms with Crippen LogP contribution in [-0.2, 0) is 16.0 Å². The zero-order chi connectivity index (χ0) is 14.8. The van der Waals surface area contributed by atoms with E-state index in [0.29, 0.717) is 19.6 Å². The van der Waals surface area contributed by atoms with Gasteiger partial charge in [0.15, 0.2) is 0 Å². The monoisotopic (exact) mass is 280 g/mol. The van der Waals surface area contributed by atoms with Gasteiger partial charge in [0.2, 0.25) is 5.91 Å². The lowest BCUT2D eigenvalue weighted by atomic mass is 10.1. The fourth-order valence-corrected chi connectivity index (χ4v) is 1.74. The van der Waals surface area contributed by atoms with E-state index in [2.05, 4.69) is 12.2 Å². The number of aromatic hydroxyl groups is 1. The van der Waals surface area contributed by atoms with E-state index in [1.54, 1.807) is 24.3 Å². The zero-order valence-electron chi connectivity index (χ0n) is 12.0. The number of carbonyl (C=O) groups is 1. The summed E-state index contributed by atoms with van der Waals surface area (Å²) in [7, 11) is 0. The maximum Gasteiger partial charge on any atom is 0.237 e. The van der Waals surface area contributed by atoms with Crippen LogP contribution < -0.4 is 11.1 Å². The summed E-state index contributed by atoms with van der Waals surface area (Å²) in [5, 5.41) is 12.0. The first kappa shape index (κ1) is 16.5. The second-order valence-electron chi connectivity index (χ2n) is 4.73. The molecule has 5 nitrogen and oxygen atoms in total. The molecule has 0 heterocycles. The molecule has 0 fully saturated rings. The van der Waals surface area contributed by atoms with Crippen molar-refractivity contribution in [1.82, 2.24) is 5.32 Å². The number of phenolic OH excluding ortho intramolecular Hbond substituents is 1. The molecule has 0 aliphatic carbocycles. The van der Waals surface area contributed by atoms with Crippen molar-refractivity contribution in [1.29, 1.82) is 0 Å². The van der Waals surface area contributed by atoms with Crippen LogP contribution >= 0.6 is 0 Å². The van der Waals surface area contributed by atoms with E-state index in [4.69, 9.17) is 10.5 Å².